The number of hydrazone groups is 1. The van der Waals surface area contributed by atoms with Crippen LogP contribution in [0.15, 0.2) is 70.3 Å². The summed E-state index contributed by atoms with van der Waals surface area (Å²) in [6, 6.07) is 17.7. The number of carboxylic acids is 1. The third-order valence-corrected chi connectivity index (χ3v) is 10.1. The molecule has 3 aromatic carbocycles. The van der Waals surface area contributed by atoms with E-state index in [-0.39, 0.29) is 5.69 Å². The summed E-state index contributed by atoms with van der Waals surface area (Å²) in [6.45, 7) is 6.25. The van der Waals surface area contributed by atoms with Crippen molar-refractivity contribution in [1.29, 1.82) is 0 Å². The van der Waals surface area contributed by atoms with Crippen molar-refractivity contribution in [2.24, 2.45) is 19.2 Å². The highest BCUT2D eigenvalue weighted by atomic mass is 32.2. The standard InChI is InChI=1S/C35H36FN5O3S2.C2H6/c1-22-16-30-31(36)12-11-29-28(34(35(42)43)39(2)33(29)30)10-7-14-44-32-19-26(17-23-8-5-6-9-27(23)32)46-21-25-18-24(38-41(25)4)20-45-15-13-37-40(22)3;1-2/h5-6,8-9,11-13,16-19H,7,10,14-15,20-21H2,1-4H3,(H,42,43);1-2H3/b22-16+,37-13+;. The van der Waals surface area contributed by atoms with Crippen LogP contribution in [0.2, 0.25) is 0 Å². The third kappa shape index (κ3) is 7.57. The Hall–Kier alpha value is -4.22. The van der Waals surface area contributed by atoms with Crippen molar-refractivity contribution < 1.29 is 19.0 Å². The third-order valence-electron chi connectivity index (χ3n) is 8.25. The van der Waals surface area contributed by atoms with Gasteiger partial charge in [-0.15, -0.1) is 23.5 Å². The number of aromatic nitrogens is 3. The Bertz CT molecular complexity index is 2000. The molecule has 0 radical (unpaired) electrons. The van der Waals surface area contributed by atoms with E-state index < -0.39 is 11.8 Å². The van der Waals surface area contributed by atoms with Crippen molar-refractivity contribution in [1.82, 2.24) is 19.4 Å². The number of ether oxygens (including phenoxy) is 1. The van der Waals surface area contributed by atoms with E-state index in [4.69, 9.17) is 9.84 Å². The highest BCUT2D eigenvalue weighted by Crippen LogP contribution is 2.35. The van der Waals surface area contributed by atoms with Crippen molar-refractivity contribution in [2.75, 3.05) is 19.4 Å². The lowest BCUT2D eigenvalue weighted by atomic mass is 10.0. The fraction of sp³-hybridized carbons (Fsp3) is 0.324. The fourth-order valence-electron chi connectivity index (χ4n) is 5.88. The molecule has 6 rings (SSSR count). The van der Waals surface area contributed by atoms with E-state index in [0.29, 0.717) is 41.8 Å². The first kappa shape index (κ1) is 35.1. The highest BCUT2D eigenvalue weighted by Gasteiger charge is 2.23. The minimum Gasteiger partial charge on any atom is -0.493 e. The largest absolute Gasteiger partial charge is 0.493 e. The summed E-state index contributed by atoms with van der Waals surface area (Å²) in [7, 11) is 5.48. The molecule has 0 saturated carbocycles. The number of thioether (sulfide) groups is 2. The molecule has 0 atom stereocenters. The molecule has 1 N–H and O–H groups in total. The molecule has 8 nitrogen and oxygen atoms in total. The molecular weight excluding hydrogens is 646 g/mol. The van der Waals surface area contributed by atoms with E-state index in [0.717, 1.165) is 55.4 Å². The van der Waals surface area contributed by atoms with Crippen molar-refractivity contribution in [3.63, 3.8) is 0 Å². The van der Waals surface area contributed by atoms with Gasteiger partial charge in [-0.05, 0) is 67.1 Å². The number of fused-ring (bicyclic) bond motifs is 6. The molecule has 0 amide bonds. The number of carboxylic acid groups (broad SMARTS) is 1. The SMILES string of the molecule is C/C1=C\c2c(F)ccc3c(c(C(=O)O)n(C)c23)CCCOc2cc(cc3ccccc23)SCc2cc(nn2C)CSC/C=N/N1C.CC. The fourth-order valence-corrected chi connectivity index (χ4v) is 7.50. The van der Waals surface area contributed by atoms with Gasteiger partial charge in [0.2, 0.25) is 0 Å². The van der Waals surface area contributed by atoms with Gasteiger partial charge in [0.25, 0.3) is 0 Å². The second-order valence-electron chi connectivity index (χ2n) is 11.3. The van der Waals surface area contributed by atoms with Gasteiger partial charge >= 0.3 is 5.97 Å². The van der Waals surface area contributed by atoms with E-state index in [2.05, 4.69) is 35.4 Å². The number of benzene rings is 3. The summed E-state index contributed by atoms with van der Waals surface area (Å²) in [4.78, 5) is 13.6. The van der Waals surface area contributed by atoms with Crippen LogP contribution in [0.4, 0.5) is 4.39 Å². The van der Waals surface area contributed by atoms with Crippen LogP contribution in [0.25, 0.3) is 27.8 Å². The molecule has 48 heavy (non-hydrogen) atoms. The second kappa shape index (κ2) is 15.8. The molecule has 5 aromatic rings. The minimum atomic E-state index is -1.05. The van der Waals surface area contributed by atoms with Crippen LogP contribution in [0.5, 0.6) is 5.75 Å². The second-order valence-corrected chi connectivity index (χ2v) is 13.4. The molecule has 11 heteroatoms. The van der Waals surface area contributed by atoms with Gasteiger partial charge in [-0.3, -0.25) is 9.69 Å². The summed E-state index contributed by atoms with van der Waals surface area (Å²) in [5, 5.41) is 24.0. The molecule has 8 bridgehead atoms. The smallest absolute Gasteiger partial charge is 0.352 e. The number of rotatable bonds is 1. The minimum absolute atomic E-state index is 0.156. The van der Waals surface area contributed by atoms with Crippen molar-refractivity contribution >= 4 is 63.5 Å². The van der Waals surface area contributed by atoms with Crippen LogP contribution in [0.1, 0.15) is 60.2 Å². The predicted molar refractivity (Wildman–Crippen MR) is 198 cm³/mol. The summed E-state index contributed by atoms with van der Waals surface area (Å²) < 4.78 is 25.3. The van der Waals surface area contributed by atoms with Gasteiger partial charge in [-0.25, -0.2) is 9.18 Å². The number of hydrogen-bond acceptors (Lipinski definition) is 7. The normalized spacial score (nSPS) is 16.4. The summed E-state index contributed by atoms with van der Waals surface area (Å²) >= 11 is 3.46. The number of nitrogens with zero attached hydrogens (tertiary/aromatic N) is 5. The maximum atomic E-state index is 15.4. The maximum absolute atomic E-state index is 15.4. The maximum Gasteiger partial charge on any atom is 0.352 e. The lowest BCUT2D eigenvalue weighted by Crippen LogP contribution is -2.10. The Morgan fingerprint density at radius 1 is 1.02 bits per heavy atom. The molecule has 1 aliphatic rings. The van der Waals surface area contributed by atoms with Crippen LogP contribution >= 0.6 is 23.5 Å². The Labute approximate surface area is 289 Å². The monoisotopic (exact) mass is 687 g/mol. The Balaban J connectivity index is 0.00000221. The van der Waals surface area contributed by atoms with Crippen LogP contribution in [-0.4, -0.2) is 56.1 Å². The van der Waals surface area contributed by atoms with Crippen molar-refractivity contribution in [2.45, 2.75) is 50.0 Å². The number of allylic oxidation sites excluding steroid dienone is 1. The average molecular weight is 688 g/mol. The van der Waals surface area contributed by atoms with E-state index in [1.807, 2.05) is 57.9 Å². The van der Waals surface area contributed by atoms with E-state index >= 15 is 4.39 Å². The van der Waals surface area contributed by atoms with Crippen LogP contribution in [0, 0.1) is 5.82 Å². The molecule has 0 aliphatic carbocycles. The topological polar surface area (TPSA) is 84.9 Å². The molecule has 3 heterocycles. The average Bonchev–Trinajstić information content (AvgIpc) is 3.58. The number of aromatic carboxylic acids is 1. The van der Waals surface area contributed by atoms with E-state index in [9.17, 15) is 9.90 Å². The Kier molecular flexibility index (Phi) is 11.5. The number of halogens is 1. The first-order valence-corrected chi connectivity index (χ1v) is 18.2. The van der Waals surface area contributed by atoms with Crippen LogP contribution in [0.3, 0.4) is 0 Å². The molecule has 0 spiro atoms. The molecule has 0 saturated heterocycles. The first-order valence-electron chi connectivity index (χ1n) is 16.1. The molecular formula is C37H42FN5O3S2. The summed E-state index contributed by atoms with van der Waals surface area (Å²) in [5.74, 6) is 1.54. The zero-order valence-electron chi connectivity index (χ0n) is 28.3. The summed E-state index contributed by atoms with van der Waals surface area (Å²) in [5.41, 5.74) is 4.58. The van der Waals surface area contributed by atoms with Crippen molar-refractivity contribution in [3.05, 3.63) is 94.3 Å². The Morgan fingerprint density at radius 2 is 1.81 bits per heavy atom. The van der Waals surface area contributed by atoms with Gasteiger partial charge in [0, 0.05) is 77.2 Å². The quantitative estimate of drug-likeness (QED) is 0.189. The molecule has 0 fully saturated rings. The van der Waals surface area contributed by atoms with E-state index in [1.165, 1.54) is 6.07 Å². The van der Waals surface area contributed by atoms with E-state index in [1.54, 1.807) is 52.3 Å². The van der Waals surface area contributed by atoms with Crippen molar-refractivity contribution in [3.8, 4) is 5.75 Å². The van der Waals surface area contributed by atoms with Gasteiger partial charge in [0.15, 0.2) is 0 Å². The number of hydrogen-bond donors (Lipinski definition) is 1. The molecule has 1 aliphatic heterocycles. The molecule has 0 unspecified atom stereocenters. The van der Waals surface area contributed by atoms with Crippen LogP contribution in [-0.2, 0) is 32.0 Å². The Morgan fingerprint density at radius 3 is 2.60 bits per heavy atom. The molecule has 2 aromatic heterocycles. The first-order chi connectivity index (χ1) is 23.2. The predicted octanol–water partition coefficient (Wildman–Crippen LogP) is 8.76. The van der Waals surface area contributed by atoms with Gasteiger partial charge in [0.1, 0.15) is 17.3 Å². The zero-order chi connectivity index (χ0) is 34.4. The van der Waals surface area contributed by atoms with Gasteiger partial charge in [-0.1, -0.05) is 38.1 Å². The van der Waals surface area contributed by atoms with Gasteiger partial charge in [0.05, 0.1) is 17.8 Å². The van der Waals surface area contributed by atoms with Gasteiger partial charge in [-0.2, -0.15) is 10.2 Å². The van der Waals surface area contributed by atoms with Gasteiger partial charge < -0.3 is 14.4 Å². The number of aryl methyl sites for hydroxylation is 3. The zero-order valence-corrected chi connectivity index (χ0v) is 29.9. The lowest BCUT2D eigenvalue weighted by molar-refractivity contribution is 0.0685. The number of carbonyl (C=O) groups is 1. The highest BCUT2D eigenvalue weighted by molar-refractivity contribution is 7.99. The lowest BCUT2D eigenvalue weighted by Gasteiger charge is -2.14. The van der Waals surface area contributed by atoms with Crippen LogP contribution < -0.4 is 4.74 Å². The molecule has 252 valence electrons. The summed E-state index contributed by atoms with van der Waals surface area (Å²) in [6.07, 6.45) is 4.61.